The first-order valence-electron chi connectivity index (χ1n) is 10.2. The van der Waals surface area contributed by atoms with Gasteiger partial charge < -0.3 is 20.1 Å². The summed E-state index contributed by atoms with van der Waals surface area (Å²) >= 11 is 0. The quantitative estimate of drug-likeness (QED) is 0.497. The number of carbonyl (C=O) groups excluding carboxylic acids is 2. The third-order valence-electron chi connectivity index (χ3n) is 5.32. The fourth-order valence-corrected chi connectivity index (χ4v) is 3.66. The highest BCUT2D eigenvalue weighted by Gasteiger charge is 2.38. The maximum atomic E-state index is 12.2. The Bertz CT molecular complexity index is 876. The molecule has 2 aromatic rings. The van der Waals surface area contributed by atoms with E-state index in [1.807, 2.05) is 13.8 Å². The van der Waals surface area contributed by atoms with Crippen molar-refractivity contribution in [3.05, 3.63) is 35.4 Å². The number of esters is 2. The third-order valence-corrected chi connectivity index (χ3v) is 5.32. The molecule has 0 atom stereocenters. The van der Waals surface area contributed by atoms with E-state index in [-0.39, 0.29) is 25.2 Å². The number of nitrogens with one attached hydrogen (secondary N) is 2. The van der Waals surface area contributed by atoms with Crippen LogP contribution < -0.4 is 10.6 Å². The molecule has 0 aliphatic carbocycles. The van der Waals surface area contributed by atoms with Crippen LogP contribution in [0, 0.1) is 13.8 Å². The molecule has 0 radical (unpaired) electrons. The zero-order chi connectivity index (χ0) is 21.0. The van der Waals surface area contributed by atoms with Gasteiger partial charge in [-0.05, 0) is 36.8 Å². The summed E-state index contributed by atoms with van der Waals surface area (Å²) in [4.78, 5) is 23.8. The number of unbranched alkanes of at least 4 members (excludes halogenated alkanes) is 2. The van der Waals surface area contributed by atoms with Crippen LogP contribution in [0.2, 0.25) is 0 Å². The van der Waals surface area contributed by atoms with Crippen LogP contribution in [0.25, 0.3) is 10.8 Å². The summed E-state index contributed by atoms with van der Waals surface area (Å²) in [6, 6.07) is 8.30. The van der Waals surface area contributed by atoms with E-state index in [1.165, 1.54) is 6.92 Å². The summed E-state index contributed by atoms with van der Waals surface area (Å²) in [5.41, 5.74) is 3.16. The number of hydrogen-bond acceptors (Lipinski definition) is 6. The molecule has 156 valence electrons. The van der Waals surface area contributed by atoms with E-state index in [4.69, 9.17) is 9.47 Å². The first kappa shape index (κ1) is 21.0. The minimum absolute atomic E-state index is 0.0359. The van der Waals surface area contributed by atoms with Gasteiger partial charge in [0.15, 0.2) is 5.66 Å². The Hall–Kier alpha value is -2.76. The number of rotatable bonds is 8. The van der Waals surface area contributed by atoms with Gasteiger partial charge in [0.1, 0.15) is 13.2 Å². The Kier molecular flexibility index (Phi) is 6.30. The van der Waals surface area contributed by atoms with Crippen LogP contribution >= 0.6 is 0 Å². The Morgan fingerprint density at radius 1 is 0.931 bits per heavy atom. The molecule has 0 fully saturated rings. The maximum absolute atomic E-state index is 12.2. The molecule has 29 heavy (non-hydrogen) atoms. The zero-order valence-electron chi connectivity index (χ0n) is 17.7. The minimum Gasteiger partial charge on any atom is -0.461 e. The molecule has 0 amide bonds. The lowest BCUT2D eigenvalue weighted by molar-refractivity contribution is -0.147. The smallest absolute Gasteiger partial charge is 0.305 e. The average molecular weight is 399 g/mol. The van der Waals surface area contributed by atoms with E-state index in [1.54, 1.807) is 0 Å². The summed E-state index contributed by atoms with van der Waals surface area (Å²) in [7, 11) is 0. The van der Waals surface area contributed by atoms with E-state index in [0.717, 1.165) is 52.5 Å². The van der Waals surface area contributed by atoms with E-state index in [2.05, 4.69) is 41.8 Å². The van der Waals surface area contributed by atoms with Crippen LogP contribution in [0.1, 0.15) is 50.7 Å². The standard InChI is InChI=1S/C23H30N2O4/c1-5-6-7-8-19(27)29-14-23(13-28-17(4)26)24-21-15(2)9-11-18-12-10-16(3)22(25-23)20(18)21/h9-12,24-25H,5-8,13-14H2,1-4H3. The van der Waals surface area contributed by atoms with Crippen molar-refractivity contribution in [2.45, 2.75) is 59.0 Å². The number of ether oxygens (including phenoxy) is 2. The highest BCUT2D eigenvalue weighted by molar-refractivity contribution is 6.07. The van der Waals surface area contributed by atoms with Crippen LogP contribution in [-0.2, 0) is 19.1 Å². The molecule has 0 bridgehead atoms. The molecule has 0 saturated heterocycles. The summed E-state index contributed by atoms with van der Waals surface area (Å²) in [6.45, 7) is 7.62. The van der Waals surface area contributed by atoms with Crippen molar-refractivity contribution in [2.24, 2.45) is 0 Å². The highest BCUT2D eigenvalue weighted by atomic mass is 16.5. The first-order valence-corrected chi connectivity index (χ1v) is 10.2. The first-order chi connectivity index (χ1) is 13.8. The molecule has 1 aliphatic rings. The maximum Gasteiger partial charge on any atom is 0.305 e. The molecule has 6 nitrogen and oxygen atoms in total. The van der Waals surface area contributed by atoms with Crippen LogP contribution in [0.3, 0.4) is 0 Å². The Morgan fingerprint density at radius 2 is 1.52 bits per heavy atom. The lowest BCUT2D eigenvalue weighted by Crippen LogP contribution is -2.56. The number of anilines is 2. The van der Waals surface area contributed by atoms with Crippen molar-refractivity contribution in [3.63, 3.8) is 0 Å². The van der Waals surface area contributed by atoms with Gasteiger partial charge in [0.05, 0.1) is 0 Å². The summed E-state index contributed by atoms with van der Waals surface area (Å²) in [5, 5.41) is 9.18. The predicted octanol–water partition coefficient (Wildman–Crippen LogP) is 4.68. The molecule has 3 rings (SSSR count). The number of benzene rings is 2. The van der Waals surface area contributed by atoms with Crippen molar-refractivity contribution in [2.75, 3.05) is 23.8 Å². The van der Waals surface area contributed by atoms with E-state index >= 15 is 0 Å². The fourth-order valence-electron chi connectivity index (χ4n) is 3.66. The summed E-state index contributed by atoms with van der Waals surface area (Å²) in [5.74, 6) is -0.623. The van der Waals surface area contributed by atoms with Gasteiger partial charge in [0, 0.05) is 30.1 Å². The van der Waals surface area contributed by atoms with Gasteiger partial charge in [-0.25, -0.2) is 0 Å². The van der Waals surface area contributed by atoms with Gasteiger partial charge in [0.25, 0.3) is 0 Å². The topological polar surface area (TPSA) is 76.7 Å². The molecule has 0 spiro atoms. The molecule has 2 N–H and O–H groups in total. The lowest BCUT2D eigenvalue weighted by atomic mass is 9.95. The van der Waals surface area contributed by atoms with Crippen LogP contribution in [0.5, 0.6) is 0 Å². The number of hydrogen-bond donors (Lipinski definition) is 2. The van der Waals surface area contributed by atoms with Crippen LogP contribution in [-0.4, -0.2) is 30.8 Å². The molecule has 1 heterocycles. The van der Waals surface area contributed by atoms with Gasteiger partial charge in [-0.1, -0.05) is 44.0 Å². The third kappa shape index (κ3) is 4.63. The average Bonchev–Trinajstić information content (AvgIpc) is 2.70. The Labute approximate surface area is 172 Å². The van der Waals surface area contributed by atoms with Crippen molar-refractivity contribution < 1.29 is 19.1 Å². The van der Waals surface area contributed by atoms with Crippen molar-refractivity contribution in [3.8, 4) is 0 Å². The molecule has 0 unspecified atom stereocenters. The molecular weight excluding hydrogens is 368 g/mol. The molecule has 0 aromatic heterocycles. The number of carbonyl (C=O) groups is 2. The Morgan fingerprint density at radius 3 is 2.07 bits per heavy atom. The minimum atomic E-state index is -0.926. The monoisotopic (exact) mass is 398 g/mol. The molecule has 2 aromatic carbocycles. The van der Waals surface area contributed by atoms with Crippen molar-refractivity contribution in [1.82, 2.24) is 0 Å². The Balaban J connectivity index is 1.91. The fraction of sp³-hybridized carbons (Fsp3) is 0.478. The van der Waals surface area contributed by atoms with Crippen molar-refractivity contribution >= 4 is 34.1 Å². The van der Waals surface area contributed by atoms with Crippen LogP contribution in [0.15, 0.2) is 24.3 Å². The second-order valence-corrected chi connectivity index (χ2v) is 7.84. The molecular formula is C23H30N2O4. The largest absolute Gasteiger partial charge is 0.461 e. The highest BCUT2D eigenvalue weighted by Crippen LogP contribution is 2.41. The van der Waals surface area contributed by atoms with Gasteiger partial charge >= 0.3 is 11.9 Å². The summed E-state index contributed by atoms with van der Waals surface area (Å²) in [6.07, 6.45) is 3.25. The summed E-state index contributed by atoms with van der Waals surface area (Å²) < 4.78 is 11.0. The van der Waals surface area contributed by atoms with Crippen molar-refractivity contribution in [1.29, 1.82) is 0 Å². The van der Waals surface area contributed by atoms with Gasteiger partial charge in [-0.3, -0.25) is 9.59 Å². The zero-order valence-corrected chi connectivity index (χ0v) is 17.7. The second-order valence-electron chi connectivity index (χ2n) is 7.84. The van der Waals surface area contributed by atoms with Crippen LogP contribution in [0.4, 0.5) is 11.4 Å². The van der Waals surface area contributed by atoms with E-state index < -0.39 is 5.66 Å². The van der Waals surface area contributed by atoms with Gasteiger partial charge in [-0.15, -0.1) is 0 Å². The number of aryl methyl sites for hydroxylation is 2. The van der Waals surface area contributed by atoms with E-state index in [0.29, 0.717) is 6.42 Å². The predicted molar refractivity (Wildman–Crippen MR) is 115 cm³/mol. The normalized spacial score (nSPS) is 14.1. The van der Waals surface area contributed by atoms with Gasteiger partial charge in [-0.2, -0.15) is 0 Å². The molecule has 0 saturated carbocycles. The SMILES string of the molecule is CCCCCC(=O)OCC1(COC(C)=O)Nc2c(C)ccc3ccc(C)c(c23)N1. The second kappa shape index (κ2) is 8.72. The van der Waals surface area contributed by atoms with Gasteiger partial charge in [0.2, 0.25) is 0 Å². The lowest BCUT2D eigenvalue weighted by Gasteiger charge is -2.41. The van der Waals surface area contributed by atoms with E-state index in [9.17, 15) is 9.59 Å². The molecule has 1 aliphatic heterocycles. The molecule has 6 heteroatoms.